The summed E-state index contributed by atoms with van der Waals surface area (Å²) >= 11 is 6.21. The Balaban J connectivity index is 2.27. The molecular formula is C13H11ClN4. The van der Waals surface area contributed by atoms with E-state index >= 15 is 0 Å². The van der Waals surface area contributed by atoms with E-state index in [1.807, 2.05) is 26.1 Å². The summed E-state index contributed by atoms with van der Waals surface area (Å²) in [6.07, 6.45) is 5.36. The van der Waals surface area contributed by atoms with Crippen molar-refractivity contribution in [3.05, 3.63) is 47.0 Å². The standard InChI is InChI=1S/C13H11ClN4/c1-8-3-10(7-15-5-8)11-4-12(14)18-13(17-11)9(2)6-16-18/h3-7H,1-2H3. The minimum Gasteiger partial charge on any atom is -0.264 e. The molecule has 0 aromatic carbocycles. The van der Waals surface area contributed by atoms with Crippen LogP contribution in [0.4, 0.5) is 0 Å². The Bertz CT molecular complexity index is 733. The average Bonchev–Trinajstić information content (AvgIpc) is 2.72. The molecule has 0 saturated carbocycles. The molecule has 0 atom stereocenters. The molecule has 4 nitrogen and oxygen atoms in total. The average molecular weight is 259 g/mol. The van der Waals surface area contributed by atoms with Crippen LogP contribution in [0.25, 0.3) is 16.9 Å². The fraction of sp³-hybridized carbons (Fsp3) is 0.154. The Labute approximate surface area is 109 Å². The summed E-state index contributed by atoms with van der Waals surface area (Å²) in [5.41, 5.74) is 4.64. The molecule has 3 heterocycles. The molecule has 0 saturated heterocycles. The van der Waals surface area contributed by atoms with E-state index in [0.717, 1.165) is 28.0 Å². The molecule has 3 rings (SSSR count). The Morgan fingerprint density at radius 1 is 1.11 bits per heavy atom. The summed E-state index contributed by atoms with van der Waals surface area (Å²) in [5.74, 6) is 0. The van der Waals surface area contributed by atoms with Crippen molar-refractivity contribution in [2.75, 3.05) is 0 Å². The van der Waals surface area contributed by atoms with Crippen LogP contribution in [-0.4, -0.2) is 19.6 Å². The minimum absolute atomic E-state index is 0.546. The summed E-state index contributed by atoms with van der Waals surface area (Å²) in [6, 6.07) is 3.84. The smallest absolute Gasteiger partial charge is 0.160 e. The largest absolute Gasteiger partial charge is 0.264 e. The maximum Gasteiger partial charge on any atom is 0.160 e. The number of halogens is 1. The van der Waals surface area contributed by atoms with E-state index in [1.54, 1.807) is 23.0 Å². The van der Waals surface area contributed by atoms with Gasteiger partial charge >= 0.3 is 0 Å². The molecule has 0 amide bonds. The van der Waals surface area contributed by atoms with Gasteiger partial charge in [0.25, 0.3) is 0 Å². The van der Waals surface area contributed by atoms with Gasteiger partial charge in [-0.25, -0.2) is 9.50 Å². The molecule has 0 aliphatic heterocycles. The molecule has 5 heteroatoms. The van der Waals surface area contributed by atoms with Gasteiger partial charge in [0.2, 0.25) is 0 Å². The third-order valence-electron chi connectivity index (χ3n) is 2.78. The first-order valence-electron chi connectivity index (χ1n) is 5.58. The number of nitrogens with zero attached hydrogens (tertiary/aromatic N) is 4. The highest BCUT2D eigenvalue weighted by Crippen LogP contribution is 2.23. The van der Waals surface area contributed by atoms with Crippen LogP contribution in [-0.2, 0) is 0 Å². The highest BCUT2D eigenvalue weighted by molar-refractivity contribution is 6.30. The van der Waals surface area contributed by atoms with Gasteiger partial charge < -0.3 is 0 Å². The summed E-state index contributed by atoms with van der Waals surface area (Å²) in [4.78, 5) is 8.76. The molecule has 0 aliphatic rings. The van der Waals surface area contributed by atoms with Crippen LogP contribution in [0.15, 0.2) is 30.7 Å². The zero-order valence-corrected chi connectivity index (χ0v) is 10.8. The molecule has 0 aliphatic carbocycles. The van der Waals surface area contributed by atoms with Crippen molar-refractivity contribution < 1.29 is 0 Å². The molecular weight excluding hydrogens is 248 g/mol. The quantitative estimate of drug-likeness (QED) is 0.630. The van der Waals surface area contributed by atoms with Crippen LogP contribution in [0.2, 0.25) is 5.15 Å². The Kier molecular flexibility index (Phi) is 2.52. The van der Waals surface area contributed by atoms with Gasteiger partial charge in [0.1, 0.15) is 5.15 Å². The fourth-order valence-electron chi connectivity index (χ4n) is 1.88. The summed E-state index contributed by atoms with van der Waals surface area (Å²) < 4.78 is 1.63. The molecule has 0 fully saturated rings. The van der Waals surface area contributed by atoms with Crippen LogP contribution in [0.1, 0.15) is 11.1 Å². The first-order valence-corrected chi connectivity index (χ1v) is 5.96. The van der Waals surface area contributed by atoms with Gasteiger partial charge in [-0.05, 0) is 25.5 Å². The van der Waals surface area contributed by atoms with E-state index in [-0.39, 0.29) is 0 Å². The number of fused-ring (bicyclic) bond motifs is 1. The highest BCUT2D eigenvalue weighted by atomic mass is 35.5. The predicted molar refractivity (Wildman–Crippen MR) is 70.7 cm³/mol. The molecule has 0 spiro atoms. The monoisotopic (exact) mass is 258 g/mol. The van der Waals surface area contributed by atoms with Crippen LogP contribution >= 0.6 is 11.6 Å². The van der Waals surface area contributed by atoms with Crippen LogP contribution < -0.4 is 0 Å². The highest BCUT2D eigenvalue weighted by Gasteiger charge is 2.09. The van der Waals surface area contributed by atoms with Crippen molar-refractivity contribution in [3.63, 3.8) is 0 Å². The van der Waals surface area contributed by atoms with Gasteiger partial charge in [0.05, 0.1) is 11.9 Å². The lowest BCUT2D eigenvalue weighted by Crippen LogP contribution is -1.95. The van der Waals surface area contributed by atoms with Crippen LogP contribution in [0, 0.1) is 13.8 Å². The van der Waals surface area contributed by atoms with Crippen molar-refractivity contribution in [2.45, 2.75) is 13.8 Å². The van der Waals surface area contributed by atoms with Crippen molar-refractivity contribution >= 4 is 17.2 Å². The second kappa shape index (κ2) is 4.07. The van der Waals surface area contributed by atoms with Gasteiger partial charge in [-0.1, -0.05) is 11.6 Å². The maximum atomic E-state index is 6.21. The van der Waals surface area contributed by atoms with Crippen molar-refractivity contribution in [1.82, 2.24) is 19.6 Å². The van der Waals surface area contributed by atoms with E-state index in [9.17, 15) is 0 Å². The fourth-order valence-corrected chi connectivity index (χ4v) is 2.11. The lowest BCUT2D eigenvalue weighted by molar-refractivity contribution is 0.941. The number of hydrogen-bond donors (Lipinski definition) is 0. The maximum absolute atomic E-state index is 6.21. The van der Waals surface area contributed by atoms with Gasteiger partial charge in [0.15, 0.2) is 5.65 Å². The number of pyridine rings is 1. The second-order valence-corrected chi connectivity index (χ2v) is 4.67. The van der Waals surface area contributed by atoms with E-state index in [4.69, 9.17) is 11.6 Å². The molecule has 0 N–H and O–H groups in total. The lowest BCUT2D eigenvalue weighted by Gasteiger charge is -2.04. The zero-order chi connectivity index (χ0) is 12.7. The second-order valence-electron chi connectivity index (χ2n) is 4.28. The van der Waals surface area contributed by atoms with Crippen LogP contribution in [0.3, 0.4) is 0 Å². The SMILES string of the molecule is Cc1cncc(-c2cc(Cl)n3ncc(C)c3n2)c1. The van der Waals surface area contributed by atoms with Gasteiger partial charge in [-0.3, -0.25) is 4.98 Å². The third kappa shape index (κ3) is 1.75. The molecule has 3 aromatic rings. The van der Waals surface area contributed by atoms with Crippen LogP contribution in [0.5, 0.6) is 0 Å². The van der Waals surface area contributed by atoms with E-state index in [1.165, 1.54) is 0 Å². The number of hydrogen-bond acceptors (Lipinski definition) is 3. The van der Waals surface area contributed by atoms with E-state index in [0.29, 0.717) is 5.15 Å². The topological polar surface area (TPSA) is 43.1 Å². The molecule has 90 valence electrons. The molecule has 3 aromatic heterocycles. The number of aromatic nitrogens is 4. The van der Waals surface area contributed by atoms with Crippen molar-refractivity contribution in [2.24, 2.45) is 0 Å². The van der Waals surface area contributed by atoms with E-state index in [2.05, 4.69) is 15.1 Å². The molecule has 0 unspecified atom stereocenters. The van der Waals surface area contributed by atoms with Gasteiger partial charge in [-0.15, -0.1) is 0 Å². The van der Waals surface area contributed by atoms with E-state index < -0.39 is 0 Å². The summed E-state index contributed by atoms with van der Waals surface area (Å²) in [7, 11) is 0. The predicted octanol–water partition coefficient (Wildman–Crippen LogP) is 3.06. The summed E-state index contributed by atoms with van der Waals surface area (Å²) in [6.45, 7) is 3.96. The third-order valence-corrected chi connectivity index (χ3v) is 3.04. The first kappa shape index (κ1) is 11.2. The van der Waals surface area contributed by atoms with Crippen molar-refractivity contribution in [1.29, 1.82) is 0 Å². The first-order chi connectivity index (χ1) is 8.65. The minimum atomic E-state index is 0.546. The number of rotatable bonds is 1. The van der Waals surface area contributed by atoms with Gasteiger partial charge in [-0.2, -0.15) is 5.10 Å². The zero-order valence-electron chi connectivity index (χ0n) is 10.1. The van der Waals surface area contributed by atoms with Gasteiger partial charge in [0, 0.05) is 29.6 Å². The Morgan fingerprint density at radius 3 is 2.72 bits per heavy atom. The molecule has 18 heavy (non-hydrogen) atoms. The molecule has 0 radical (unpaired) electrons. The van der Waals surface area contributed by atoms with Crippen molar-refractivity contribution in [3.8, 4) is 11.3 Å². The molecule has 0 bridgehead atoms. The summed E-state index contributed by atoms with van der Waals surface area (Å²) in [5, 5.41) is 4.72. The normalized spacial score (nSPS) is 11.1. The Morgan fingerprint density at radius 2 is 1.94 bits per heavy atom. The lowest BCUT2D eigenvalue weighted by atomic mass is 10.1. The Hall–Kier alpha value is -1.94. The number of aryl methyl sites for hydroxylation is 2.